The Morgan fingerprint density at radius 3 is 2.28 bits per heavy atom. The molecule has 0 fully saturated rings. The predicted molar refractivity (Wildman–Crippen MR) is 64.4 cm³/mol. The van der Waals surface area contributed by atoms with Crippen molar-refractivity contribution in [3.8, 4) is 11.8 Å². The summed E-state index contributed by atoms with van der Waals surface area (Å²) in [5, 5.41) is 0. The van der Waals surface area contributed by atoms with Crippen LogP contribution in [0.3, 0.4) is 0 Å². The third kappa shape index (κ3) is 6.04. The van der Waals surface area contributed by atoms with E-state index in [1.165, 1.54) is 14.2 Å². The van der Waals surface area contributed by atoms with Crippen molar-refractivity contribution in [1.29, 1.82) is 0 Å². The van der Waals surface area contributed by atoms with Gasteiger partial charge in [-0.3, -0.25) is 14.4 Å². The summed E-state index contributed by atoms with van der Waals surface area (Å²) in [5.74, 6) is 2.87. The lowest BCUT2D eigenvalue weighted by atomic mass is 9.97. The van der Waals surface area contributed by atoms with Gasteiger partial charge in [0.2, 0.25) is 0 Å². The van der Waals surface area contributed by atoms with Gasteiger partial charge in [-0.05, 0) is 0 Å². The molecule has 5 heteroatoms. The van der Waals surface area contributed by atoms with Crippen molar-refractivity contribution >= 4 is 17.7 Å². The van der Waals surface area contributed by atoms with Crippen LogP contribution in [-0.2, 0) is 23.9 Å². The third-order valence-electron chi connectivity index (χ3n) is 2.27. The molecular formula is C13H18O5. The number of hydrogen-bond acceptors (Lipinski definition) is 5. The van der Waals surface area contributed by atoms with Gasteiger partial charge in [-0.25, -0.2) is 0 Å². The van der Waals surface area contributed by atoms with Gasteiger partial charge in [0.15, 0.2) is 0 Å². The summed E-state index contributed by atoms with van der Waals surface area (Å²) in [6.07, 6.45) is 0.936. The van der Waals surface area contributed by atoms with Crippen LogP contribution in [0.15, 0.2) is 0 Å². The van der Waals surface area contributed by atoms with Gasteiger partial charge in [0.1, 0.15) is 11.7 Å². The zero-order valence-electron chi connectivity index (χ0n) is 10.9. The van der Waals surface area contributed by atoms with Gasteiger partial charge in [-0.1, -0.05) is 6.92 Å². The first kappa shape index (κ1) is 16.2. The molecule has 0 spiro atoms. The van der Waals surface area contributed by atoms with Crippen LogP contribution >= 0.6 is 0 Å². The molecule has 0 aromatic carbocycles. The van der Waals surface area contributed by atoms with Crippen LogP contribution in [-0.4, -0.2) is 31.9 Å². The smallest absolute Gasteiger partial charge is 0.316 e. The topological polar surface area (TPSA) is 69.7 Å². The number of carbonyl (C=O) groups excluding carboxylic acids is 3. The van der Waals surface area contributed by atoms with Gasteiger partial charge in [0, 0.05) is 19.3 Å². The Kier molecular flexibility index (Phi) is 8.29. The van der Waals surface area contributed by atoms with Crippen LogP contribution in [0.4, 0.5) is 0 Å². The van der Waals surface area contributed by atoms with E-state index < -0.39 is 17.9 Å². The highest BCUT2D eigenvalue weighted by Gasteiger charge is 2.29. The Morgan fingerprint density at radius 2 is 1.78 bits per heavy atom. The minimum absolute atomic E-state index is 0.129. The van der Waals surface area contributed by atoms with Crippen molar-refractivity contribution in [3.63, 3.8) is 0 Å². The van der Waals surface area contributed by atoms with E-state index in [-0.39, 0.29) is 18.6 Å². The maximum Gasteiger partial charge on any atom is 0.316 e. The lowest BCUT2D eigenvalue weighted by molar-refractivity contribution is -0.155. The monoisotopic (exact) mass is 254 g/mol. The normalized spacial score (nSPS) is 10.8. The molecule has 0 aliphatic rings. The van der Waals surface area contributed by atoms with Crippen molar-refractivity contribution in [2.24, 2.45) is 5.92 Å². The number of esters is 2. The quantitative estimate of drug-likeness (QED) is 0.403. The fraction of sp³-hybridized carbons (Fsp3) is 0.615. The fourth-order valence-electron chi connectivity index (χ4n) is 1.29. The molecule has 0 saturated heterocycles. The zero-order valence-corrected chi connectivity index (χ0v) is 10.9. The number of methoxy groups -OCH3 is 2. The summed E-state index contributed by atoms with van der Waals surface area (Å²) >= 11 is 0. The Bertz CT molecular complexity index is 361. The lowest BCUT2D eigenvalue weighted by Crippen LogP contribution is -2.28. The van der Waals surface area contributed by atoms with Crippen molar-refractivity contribution in [2.45, 2.75) is 32.6 Å². The molecule has 0 rings (SSSR count). The van der Waals surface area contributed by atoms with Crippen molar-refractivity contribution < 1.29 is 23.9 Å². The molecule has 0 N–H and O–H groups in total. The SMILES string of the molecule is CCC#CCCC(=O)C(CC(=O)OC)C(=O)OC. The van der Waals surface area contributed by atoms with Crippen molar-refractivity contribution in [3.05, 3.63) is 0 Å². The zero-order chi connectivity index (χ0) is 14.0. The van der Waals surface area contributed by atoms with Crippen LogP contribution in [0.5, 0.6) is 0 Å². The van der Waals surface area contributed by atoms with Crippen molar-refractivity contribution in [2.75, 3.05) is 14.2 Å². The number of Topliss-reactive ketones (excluding diaryl/α,β-unsaturated/α-hetero) is 1. The summed E-state index contributed by atoms with van der Waals surface area (Å²) < 4.78 is 8.94. The number of hydrogen-bond donors (Lipinski definition) is 0. The van der Waals surface area contributed by atoms with Gasteiger partial charge in [-0.2, -0.15) is 0 Å². The van der Waals surface area contributed by atoms with Crippen LogP contribution < -0.4 is 0 Å². The maximum atomic E-state index is 11.8. The second-order valence-electron chi connectivity index (χ2n) is 3.53. The molecule has 0 heterocycles. The lowest BCUT2D eigenvalue weighted by Gasteiger charge is -2.11. The minimum atomic E-state index is -1.09. The van der Waals surface area contributed by atoms with E-state index >= 15 is 0 Å². The van der Waals surface area contributed by atoms with Crippen LogP contribution in [0, 0.1) is 17.8 Å². The minimum Gasteiger partial charge on any atom is -0.469 e. The molecule has 0 aromatic rings. The summed E-state index contributed by atoms with van der Waals surface area (Å²) in [7, 11) is 2.38. The number of ether oxygens (including phenoxy) is 2. The molecule has 1 atom stereocenters. The van der Waals surface area contributed by atoms with Crippen LogP contribution in [0.2, 0.25) is 0 Å². The van der Waals surface area contributed by atoms with E-state index in [1.54, 1.807) is 0 Å². The molecule has 18 heavy (non-hydrogen) atoms. The molecule has 0 aromatic heterocycles. The first-order valence-electron chi connectivity index (χ1n) is 5.69. The molecule has 0 aliphatic heterocycles. The molecule has 0 amide bonds. The van der Waals surface area contributed by atoms with Crippen LogP contribution in [0.1, 0.15) is 32.6 Å². The van der Waals surface area contributed by atoms with E-state index in [2.05, 4.69) is 21.3 Å². The maximum absolute atomic E-state index is 11.8. The van der Waals surface area contributed by atoms with Gasteiger partial charge in [-0.15, -0.1) is 11.8 Å². The van der Waals surface area contributed by atoms with Gasteiger partial charge < -0.3 is 9.47 Å². The van der Waals surface area contributed by atoms with E-state index in [4.69, 9.17) is 0 Å². The number of rotatable bonds is 6. The molecule has 0 saturated carbocycles. The highest BCUT2D eigenvalue weighted by molar-refractivity contribution is 6.01. The van der Waals surface area contributed by atoms with E-state index in [0.717, 1.165) is 6.42 Å². The second kappa shape index (κ2) is 9.23. The Morgan fingerprint density at radius 1 is 1.11 bits per heavy atom. The average Bonchev–Trinajstić information content (AvgIpc) is 2.39. The highest BCUT2D eigenvalue weighted by Crippen LogP contribution is 2.12. The summed E-state index contributed by atoms with van der Waals surface area (Å²) in [5.41, 5.74) is 0. The van der Waals surface area contributed by atoms with Gasteiger partial charge >= 0.3 is 11.9 Å². The standard InChI is InChI=1S/C13H18O5/c1-4-5-6-7-8-11(14)10(13(16)18-3)9-12(15)17-2/h10H,4,7-9H2,1-3H3. The molecular weight excluding hydrogens is 236 g/mol. The molecule has 0 aliphatic carbocycles. The molecule has 5 nitrogen and oxygen atoms in total. The third-order valence-corrected chi connectivity index (χ3v) is 2.27. The Labute approximate surface area is 107 Å². The Balaban J connectivity index is 4.50. The van der Waals surface area contributed by atoms with E-state index in [0.29, 0.717) is 6.42 Å². The van der Waals surface area contributed by atoms with Crippen molar-refractivity contribution in [1.82, 2.24) is 0 Å². The summed E-state index contributed by atoms with van der Waals surface area (Å²) in [6, 6.07) is 0. The summed E-state index contributed by atoms with van der Waals surface area (Å²) in [6.45, 7) is 1.91. The molecule has 0 bridgehead atoms. The van der Waals surface area contributed by atoms with Gasteiger partial charge in [0.05, 0.1) is 20.6 Å². The highest BCUT2D eigenvalue weighted by atomic mass is 16.5. The first-order chi connectivity index (χ1) is 8.56. The molecule has 0 radical (unpaired) electrons. The average molecular weight is 254 g/mol. The first-order valence-corrected chi connectivity index (χ1v) is 5.69. The number of carbonyl (C=O) groups is 3. The predicted octanol–water partition coefficient (Wildman–Crippen LogP) is 1.10. The van der Waals surface area contributed by atoms with E-state index in [1.807, 2.05) is 6.92 Å². The van der Waals surface area contributed by atoms with E-state index in [9.17, 15) is 14.4 Å². The molecule has 100 valence electrons. The Hall–Kier alpha value is -1.83. The van der Waals surface area contributed by atoms with Crippen LogP contribution in [0.25, 0.3) is 0 Å². The summed E-state index contributed by atoms with van der Waals surface area (Å²) in [4.78, 5) is 34.3. The van der Waals surface area contributed by atoms with Gasteiger partial charge in [0.25, 0.3) is 0 Å². The fourth-order valence-corrected chi connectivity index (χ4v) is 1.29. The number of ketones is 1. The largest absolute Gasteiger partial charge is 0.469 e. The molecule has 1 unspecified atom stereocenters. The second-order valence-corrected chi connectivity index (χ2v) is 3.53.